The second-order valence-corrected chi connectivity index (χ2v) is 8.43. The number of nitrogens with zero attached hydrogens (tertiary/aromatic N) is 2. The van der Waals surface area contributed by atoms with Crippen LogP contribution in [0.1, 0.15) is 22.8 Å². The molecule has 0 saturated heterocycles. The normalized spacial score (nSPS) is 12.5. The maximum atomic E-state index is 5.97. The number of rotatable bonds is 4. The quantitative estimate of drug-likeness (QED) is 0.292. The zero-order chi connectivity index (χ0) is 20.7. The number of aryl methyl sites for hydroxylation is 1. The molecule has 3 nitrogen and oxygen atoms in total. The summed E-state index contributed by atoms with van der Waals surface area (Å²) in [5.74, 6) is 0. The van der Waals surface area contributed by atoms with Gasteiger partial charge in [0.2, 0.25) is 0 Å². The Bertz CT molecular complexity index is 1340. The number of benzene rings is 3. The maximum absolute atomic E-state index is 5.97. The highest BCUT2D eigenvalue weighted by Crippen LogP contribution is 2.36. The van der Waals surface area contributed by atoms with Crippen LogP contribution >= 0.6 is 15.9 Å². The number of methoxy groups -OCH3 is 1. The minimum Gasteiger partial charge on any atom is -0.372 e. The van der Waals surface area contributed by atoms with Crippen LogP contribution in [0, 0.1) is 6.92 Å². The minimum absolute atomic E-state index is 0.202. The van der Waals surface area contributed by atoms with E-state index >= 15 is 0 Å². The lowest BCUT2D eigenvalue weighted by Crippen LogP contribution is -2.04. The number of hydrogen-bond acceptors (Lipinski definition) is 2. The minimum atomic E-state index is -0.202. The molecule has 0 radical (unpaired) electrons. The van der Waals surface area contributed by atoms with E-state index in [1.807, 2.05) is 22.8 Å². The molecule has 3 aromatic carbocycles. The molecular formula is C26H21BrN2O. The Morgan fingerprint density at radius 3 is 2.40 bits per heavy atom. The average molecular weight is 457 g/mol. The van der Waals surface area contributed by atoms with Crippen LogP contribution in [-0.2, 0) is 4.74 Å². The Hall–Kier alpha value is -2.95. The average Bonchev–Trinajstić information content (AvgIpc) is 3.21. The van der Waals surface area contributed by atoms with E-state index in [4.69, 9.17) is 9.84 Å². The molecule has 5 rings (SSSR count). The first-order valence-electron chi connectivity index (χ1n) is 9.90. The molecule has 0 amide bonds. The number of fused-ring (bicyclic) bond motifs is 3. The lowest BCUT2D eigenvalue weighted by Gasteiger charge is -2.17. The Morgan fingerprint density at radius 1 is 0.933 bits per heavy atom. The Morgan fingerprint density at radius 2 is 1.67 bits per heavy atom. The molecular weight excluding hydrogens is 436 g/mol. The molecule has 1 unspecified atom stereocenters. The van der Waals surface area contributed by atoms with E-state index in [0.717, 1.165) is 32.4 Å². The van der Waals surface area contributed by atoms with Gasteiger partial charge in [0.25, 0.3) is 0 Å². The van der Waals surface area contributed by atoms with Crippen LogP contribution in [0.3, 0.4) is 0 Å². The van der Waals surface area contributed by atoms with Gasteiger partial charge in [0.05, 0.1) is 17.4 Å². The third-order valence-corrected chi connectivity index (χ3v) is 6.10. The number of hydrogen-bond donors (Lipinski definition) is 0. The van der Waals surface area contributed by atoms with Crippen LogP contribution in [-0.4, -0.2) is 16.7 Å². The monoisotopic (exact) mass is 456 g/mol. The predicted octanol–water partition coefficient (Wildman–Crippen LogP) is 6.96. The summed E-state index contributed by atoms with van der Waals surface area (Å²) in [6.45, 7) is 2.10. The van der Waals surface area contributed by atoms with Gasteiger partial charge >= 0.3 is 0 Å². The van der Waals surface area contributed by atoms with Gasteiger partial charge < -0.3 is 4.74 Å². The summed E-state index contributed by atoms with van der Waals surface area (Å²) < 4.78 is 9.07. The predicted molar refractivity (Wildman–Crippen MR) is 126 cm³/mol. The highest BCUT2D eigenvalue weighted by atomic mass is 79.9. The molecule has 0 spiro atoms. The van der Waals surface area contributed by atoms with E-state index in [2.05, 4.69) is 89.6 Å². The summed E-state index contributed by atoms with van der Waals surface area (Å²) in [6, 6.07) is 27.5. The van der Waals surface area contributed by atoms with E-state index in [0.29, 0.717) is 0 Å². The molecule has 5 aromatic rings. The fourth-order valence-corrected chi connectivity index (χ4v) is 4.33. The van der Waals surface area contributed by atoms with Crippen LogP contribution < -0.4 is 0 Å². The first-order chi connectivity index (χ1) is 14.7. The second kappa shape index (κ2) is 7.71. The molecule has 0 fully saturated rings. The first kappa shape index (κ1) is 19.0. The number of ether oxygens (including phenoxy) is 1. The molecule has 0 bridgehead atoms. The van der Waals surface area contributed by atoms with Gasteiger partial charge in [0, 0.05) is 28.1 Å². The fraction of sp³-hybridized carbons (Fsp3) is 0.115. The topological polar surface area (TPSA) is 26.5 Å². The van der Waals surface area contributed by atoms with Crippen molar-refractivity contribution < 1.29 is 4.74 Å². The molecule has 0 N–H and O–H groups in total. The molecule has 0 aliphatic rings. The van der Waals surface area contributed by atoms with Gasteiger partial charge in [-0.15, -0.1) is 0 Å². The van der Waals surface area contributed by atoms with Crippen LogP contribution in [0.25, 0.3) is 27.5 Å². The van der Waals surface area contributed by atoms with Crippen LogP contribution in [0.15, 0.2) is 89.5 Å². The summed E-state index contributed by atoms with van der Waals surface area (Å²) in [5.41, 5.74) is 6.69. The van der Waals surface area contributed by atoms with Gasteiger partial charge in [0.1, 0.15) is 6.10 Å². The third kappa shape index (κ3) is 3.22. The molecule has 30 heavy (non-hydrogen) atoms. The summed E-state index contributed by atoms with van der Waals surface area (Å²) in [4.78, 5) is 0. The van der Waals surface area contributed by atoms with Crippen molar-refractivity contribution >= 4 is 32.2 Å². The van der Waals surface area contributed by atoms with E-state index in [9.17, 15) is 0 Å². The summed E-state index contributed by atoms with van der Waals surface area (Å²) >= 11 is 3.52. The van der Waals surface area contributed by atoms with E-state index < -0.39 is 0 Å². The highest BCUT2D eigenvalue weighted by molar-refractivity contribution is 9.10. The van der Waals surface area contributed by atoms with Crippen LogP contribution in [0.5, 0.6) is 0 Å². The molecule has 2 heterocycles. The highest BCUT2D eigenvalue weighted by Gasteiger charge is 2.21. The third-order valence-electron chi connectivity index (χ3n) is 5.57. The molecule has 2 aromatic heterocycles. The SMILES string of the molecule is COC(c1ccc(Br)cc1)c1cnn2c(-c3ccc(C)cc3)cc3ccccc3c12. The lowest BCUT2D eigenvalue weighted by atomic mass is 9.99. The van der Waals surface area contributed by atoms with Crippen LogP contribution in [0.2, 0.25) is 0 Å². The Balaban J connectivity index is 1.80. The van der Waals surface area contributed by atoms with E-state index in [-0.39, 0.29) is 6.10 Å². The summed E-state index contributed by atoms with van der Waals surface area (Å²) in [5, 5.41) is 7.16. The zero-order valence-electron chi connectivity index (χ0n) is 16.8. The number of pyridine rings is 1. The van der Waals surface area contributed by atoms with E-state index in [1.165, 1.54) is 16.3 Å². The molecule has 4 heteroatoms. The second-order valence-electron chi connectivity index (χ2n) is 7.51. The van der Waals surface area contributed by atoms with Crippen molar-refractivity contribution in [1.82, 2.24) is 9.61 Å². The largest absolute Gasteiger partial charge is 0.372 e. The van der Waals surface area contributed by atoms with Gasteiger partial charge in [-0.1, -0.05) is 82.2 Å². The molecule has 0 aliphatic carbocycles. The van der Waals surface area contributed by atoms with Crippen molar-refractivity contribution in [2.24, 2.45) is 0 Å². The summed E-state index contributed by atoms with van der Waals surface area (Å²) in [7, 11) is 1.75. The van der Waals surface area contributed by atoms with Gasteiger partial charge in [-0.05, 0) is 36.1 Å². The smallest absolute Gasteiger partial charge is 0.111 e. The molecule has 1 atom stereocenters. The van der Waals surface area contributed by atoms with Gasteiger partial charge in [-0.2, -0.15) is 5.10 Å². The van der Waals surface area contributed by atoms with Crippen molar-refractivity contribution in [2.45, 2.75) is 13.0 Å². The Labute approximate surface area is 184 Å². The van der Waals surface area contributed by atoms with Crippen LogP contribution in [0.4, 0.5) is 0 Å². The van der Waals surface area contributed by atoms with Gasteiger partial charge in [-0.25, -0.2) is 4.52 Å². The Kier molecular flexibility index (Phi) is 4.89. The maximum Gasteiger partial charge on any atom is 0.111 e. The molecule has 0 saturated carbocycles. The summed E-state index contributed by atoms with van der Waals surface area (Å²) in [6.07, 6.45) is 1.74. The van der Waals surface area contributed by atoms with E-state index in [1.54, 1.807) is 7.11 Å². The van der Waals surface area contributed by atoms with Crippen molar-refractivity contribution in [2.75, 3.05) is 7.11 Å². The number of aromatic nitrogens is 2. The first-order valence-corrected chi connectivity index (χ1v) is 10.7. The zero-order valence-corrected chi connectivity index (χ0v) is 18.4. The van der Waals surface area contributed by atoms with Crippen molar-refractivity contribution in [3.63, 3.8) is 0 Å². The van der Waals surface area contributed by atoms with Gasteiger partial charge in [-0.3, -0.25) is 0 Å². The molecule has 148 valence electrons. The lowest BCUT2D eigenvalue weighted by molar-refractivity contribution is 0.137. The fourth-order valence-electron chi connectivity index (χ4n) is 4.06. The molecule has 0 aliphatic heterocycles. The standard InChI is InChI=1S/C26H21BrN2O/c1-17-7-9-18(10-8-17)24-15-20-5-3-4-6-22(20)25-23(16-28-29(24)25)26(30-2)19-11-13-21(27)14-12-19/h3-16,26H,1-2H3. The van der Waals surface area contributed by atoms with Gasteiger partial charge in [0.15, 0.2) is 0 Å². The number of halogens is 1. The van der Waals surface area contributed by atoms with Crippen molar-refractivity contribution in [3.8, 4) is 11.3 Å². The van der Waals surface area contributed by atoms with Crippen molar-refractivity contribution in [1.29, 1.82) is 0 Å². The van der Waals surface area contributed by atoms with Crippen molar-refractivity contribution in [3.05, 3.63) is 106 Å².